The first-order chi connectivity index (χ1) is 6.71. The zero-order chi connectivity index (χ0) is 10.0. The lowest BCUT2D eigenvalue weighted by Gasteiger charge is -2.26. The third-order valence-corrected chi connectivity index (χ3v) is 2.61. The molecule has 0 saturated heterocycles. The summed E-state index contributed by atoms with van der Waals surface area (Å²) in [7, 11) is 0. The zero-order valence-corrected chi connectivity index (χ0v) is 8.57. The van der Waals surface area contributed by atoms with Gasteiger partial charge in [-0.3, -0.25) is 4.99 Å². The maximum absolute atomic E-state index is 4.38. The molecule has 1 aliphatic heterocycles. The van der Waals surface area contributed by atoms with Gasteiger partial charge in [0.25, 0.3) is 0 Å². The molecule has 14 heavy (non-hydrogen) atoms. The first-order valence-corrected chi connectivity index (χ1v) is 4.82. The van der Waals surface area contributed by atoms with Crippen LogP contribution in [0, 0.1) is 0 Å². The van der Waals surface area contributed by atoms with Crippen molar-refractivity contribution in [2.75, 3.05) is 6.54 Å². The zero-order valence-electron chi connectivity index (χ0n) is 8.57. The Kier molecular flexibility index (Phi) is 2.20. The molecule has 0 spiro atoms. The first-order valence-electron chi connectivity index (χ1n) is 4.82. The summed E-state index contributed by atoms with van der Waals surface area (Å²) >= 11 is 0. The lowest BCUT2D eigenvalue weighted by atomic mass is 9.83. The van der Waals surface area contributed by atoms with Crippen molar-refractivity contribution in [2.24, 2.45) is 9.98 Å². The highest BCUT2D eigenvalue weighted by Gasteiger charge is 2.25. The summed E-state index contributed by atoms with van der Waals surface area (Å²) < 4.78 is 0. The monoisotopic (exact) mass is 186 g/mol. The second kappa shape index (κ2) is 3.37. The molecule has 1 heterocycles. The van der Waals surface area contributed by atoms with E-state index in [0.717, 1.165) is 12.4 Å². The second-order valence-corrected chi connectivity index (χ2v) is 3.91. The molecule has 1 aliphatic rings. The predicted octanol–water partition coefficient (Wildman–Crippen LogP) is 2.45. The van der Waals surface area contributed by atoms with Crippen LogP contribution < -0.4 is 0 Å². The van der Waals surface area contributed by atoms with E-state index in [0.29, 0.717) is 0 Å². The summed E-state index contributed by atoms with van der Waals surface area (Å²) in [4.78, 5) is 8.66. The Bertz CT molecular complexity index is 379. The molecule has 0 aliphatic carbocycles. The predicted molar refractivity (Wildman–Crippen MR) is 60.3 cm³/mol. The smallest absolute Gasteiger partial charge is 0.119 e. The Morgan fingerprint density at radius 2 is 1.93 bits per heavy atom. The highest BCUT2D eigenvalue weighted by molar-refractivity contribution is 5.93. The Hall–Kier alpha value is -1.44. The lowest BCUT2D eigenvalue weighted by molar-refractivity contribution is 0.657. The number of aliphatic imine (C=N–C) groups is 2. The van der Waals surface area contributed by atoms with Gasteiger partial charge in [0.15, 0.2) is 0 Å². The number of rotatable bonds is 1. The normalized spacial score (nSPS) is 26.0. The van der Waals surface area contributed by atoms with Gasteiger partial charge in [0.1, 0.15) is 5.84 Å². The summed E-state index contributed by atoms with van der Waals surface area (Å²) in [6, 6.07) is 10.4. The average molecular weight is 186 g/mol. The molecule has 2 nitrogen and oxygen atoms in total. The molecule has 0 amide bonds. The highest BCUT2D eigenvalue weighted by Crippen LogP contribution is 2.24. The van der Waals surface area contributed by atoms with Gasteiger partial charge in [0, 0.05) is 11.6 Å². The number of amidine groups is 1. The van der Waals surface area contributed by atoms with Gasteiger partial charge in [-0.1, -0.05) is 30.3 Å². The molecule has 2 rings (SSSR count). The molecule has 0 radical (unpaired) electrons. The second-order valence-electron chi connectivity index (χ2n) is 3.91. The van der Waals surface area contributed by atoms with Gasteiger partial charge in [0.2, 0.25) is 0 Å². The summed E-state index contributed by atoms with van der Waals surface area (Å²) in [5, 5.41) is 0. The van der Waals surface area contributed by atoms with Crippen molar-refractivity contribution in [2.45, 2.75) is 19.3 Å². The summed E-state index contributed by atoms with van der Waals surface area (Å²) in [5.41, 5.74) is 1.25. The van der Waals surface area contributed by atoms with Crippen LogP contribution >= 0.6 is 0 Å². The molecule has 2 heteroatoms. The molecular weight excluding hydrogens is 172 g/mol. The Morgan fingerprint density at radius 3 is 2.50 bits per heavy atom. The van der Waals surface area contributed by atoms with E-state index in [9.17, 15) is 0 Å². The van der Waals surface area contributed by atoms with Crippen molar-refractivity contribution in [3.8, 4) is 0 Å². The van der Waals surface area contributed by atoms with Crippen LogP contribution in [0.4, 0.5) is 0 Å². The summed E-state index contributed by atoms with van der Waals surface area (Å²) in [6.07, 6.45) is 2.00. The van der Waals surface area contributed by atoms with E-state index < -0.39 is 0 Å². The molecule has 1 aromatic carbocycles. The molecular formula is C12H14N2. The van der Waals surface area contributed by atoms with Crippen molar-refractivity contribution in [1.82, 2.24) is 0 Å². The van der Waals surface area contributed by atoms with Gasteiger partial charge in [0.05, 0.1) is 6.54 Å². The van der Waals surface area contributed by atoms with Gasteiger partial charge in [-0.25, -0.2) is 4.99 Å². The van der Waals surface area contributed by atoms with Crippen molar-refractivity contribution in [1.29, 1.82) is 0 Å². The van der Waals surface area contributed by atoms with Crippen molar-refractivity contribution < 1.29 is 0 Å². The fourth-order valence-corrected chi connectivity index (χ4v) is 1.58. The third-order valence-electron chi connectivity index (χ3n) is 2.61. The van der Waals surface area contributed by atoms with E-state index in [1.807, 2.05) is 19.2 Å². The van der Waals surface area contributed by atoms with E-state index in [-0.39, 0.29) is 5.41 Å². The third kappa shape index (κ3) is 1.60. The van der Waals surface area contributed by atoms with E-state index in [1.54, 1.807) is 0 Å². The van der Waals surface area contributed by atoms with E-state index in [2.05, 4.69) is 41.2 Å². The fourth-order valence-electron chi connectivity index (χ4n) is 1.58. The van der Waals surface area contributed by atoms with Crippen LogP contribution in [0.1, 0.15) is 19.4 Å². The van der Waals surface area contributed by atoms with Crippen LogP contribution in [0.15, 0.2) is 40.3 Å². The van der Waals surface area contributed by atoms with Gasteiger partial charge in [-0.2, -0.15) is 0 Å². The Morgan fingerprint density at radius 1 is 1.21 bits per heavy atom. The first kappa shape index (κ1) is 9.13. The minimum absolute atomic E-state index is 0.0270. The Balaban J connectivity index is 2.32. The Labute approximate surface area is 84.4 Å². The maximum Gasteiger partial charge on any atom is 0.119 e. The average Bonchev–Trinajstić information content (AvgIpc) is 2.24. The summed E-state index contributed by atoms with van der Waals surface area (Å²) in [5.74, 6) is 0.874. The van der Waals surface area contributed by atoms with Crippen LogP contribution in [0.5, 0.6) is 0 Å². The van der Waals surface area contributed by atoms with E-state index in [4.69, 9.17) is 0 Å². The largest absolute Gasteiger partial charge is 0.269 e. The molecule has 72 valence electrons. The van der Waals surface area contributed by atoms with Crippen LogP contribution in [-0.2, 0) is 5.41 Å². The number of benzene rings is 1. The summed E-state index contributed by atoms with van der Waals surface area (Å²) in [6.45, 7) is 4.90. The fraction of sp³-hybridized carbons (Fsp3) is 0.333. The van der Waals surface area contributed by atoms with Gasteiger partial charge < -0.3 is 0 Å². The number of hydrogen-bond donors (Lipinski definition) is 0. The standard InChI is InChI=1S/C12H14N2/c1-10-13-8-12(2,9-14-10)11-6-4-3-5-7-11/h3-8H,9H2,1-2H3. The topological polar surface area (TPSA) is 24.7 Å². The molecule has 0 bridgehead atoms. The lowest BCUT2D eigenvalue weighted by Crippen LogP contribution is -2.30. The molecule has 0 fully saturated rings. The van der Waals surface area contributed by atoms with Gasteiger partial charge >= 0.3 is 0 Å². The molecule has 1 unspecified atom stereocenters. The van der Waals surface area contributed by atoms with Crippen molar-refractivity contribution >= 4 is 12.1 Å². The highest BCUT2D eigenvalue weighted by atomic mass is 14.9. The van der Waals surface area contributed by atoms with Crippen molar-refractivity contribution in [3.05, 3.63) is 35.9 Å². The molecule has 1 atom stereocenters. The molecule has 1 aromatic rings. The SMILES string of the molecule is CC1=NCC(C)(c2ccccc2)C=N1. The van der Waals surface area contributed by atoms with E-state index >= 15 is 0 Å². The van der Waals surface area contributed by atoms with Crippen molar-refractivity contribution in [3.63, 3.8) is 0 Å². The molecule has 0 saturated carbocycles. The van der Waals surface area contributed by atoms with Crippen LogP contribution in [0.3, 0.4) is 0 Å². The van der Waals surface area contributed by atoms with Crippen LogP contribution in [0.2, 0.25) is 0 Å². The molecule has 0 N–H and O–H groups in total. The number of nitrogens with zero attached hydrogens (tertiary/aromatic N) is 2. The van der Waals surface area contributed by atoms with Gasteiger partial charge in [-0.05, 0) is 19.4 Å². The molecule has 0 aromatic heterocycles. The van der Waals surface area contributed by atoms with E-state index in [1.165, 1.54) is 5.56 Å². The number of hydrogen-bond acceptors (Lipinski definition) is 2. The quantitative estimate of drug-likeness (QED) is 0.643. The minimum Gasteiger partial charge on any atom is -0.269 e. The van der Waals surface area contributed by atoms with Crippen LogP contribution in [-0.4, -0.2) is 18.6 Å². The van der Waals surface area contributed by atoms with Crippen LogP contribution in [0.25, 0.3) is 0 Å². The minimum atomic E-state index is -0.0270. The maximum atomic E-state index is 4.38. The van der Waals surface area contributed by atoms with Gasteiger partial charge in [-0.15, -0.1) is 0 Å².